The standard InChI is InChI=1S/C10H20N2O3/c1-4-5-11-10(14)7-12(2)6-9(13)8-15-3/h4-8H2,1-3H3,(H,11,14). The van der Waals surface area contributed by atoms with Gasteiger partial charge in [-0.3, -0.25) is 14.5 Å². The van der Waals surface area contributed by atoms with Gasteiger partial charge in [0.25, 0.3) is 0 Å². The van der Waals surface area contributed by atoms with E-state index >= 15 is 0 Å². The maximum atomic E-state index is 11.3. The summed E-state index contributed by atoms with van der Waals surface area (Å²) in [4.78, 5) is 24.1. The molecule has 0 unspecified atom stereocenters. The van der Waals surface area contributed by atoms with Gasteiger partial charge in [-0.2, -0.15) is 0 Å². The van der Waals surface area contributed by atoms with Crippen molar-refractivity contribution in [3.8, 4) is 0 Å². The topological polar surface area (TPSA) is 58.6 Å². The van der Waals surface area contributed by atoms with Gasteiger partial charge >= 0.3 is 0 Å². The highest BCUT2D eigenvalue weighted by molar-refractivity contribution is 5.83. The number of amides is 1. The summed E-state index contributed by atoms with van der Waals surface area (Å²) in [7, 11) is 3.21. The van der Waals surface area contributed by atoms with Gasteiger partial charge < -0.3 is 10.1 Å². The molecule has 0 fully saturated rings. The molecule has 0 spiro atoms. The van der Waals surface area contributed by atoms with Crippen molar-refractivity contribution in [3.63, 3.8) is 0 Å². The summed E-state index contributed by atoms with van der Waals surface area (Å²) in [6.45, 7) is 3.26. The van der Waals surface area contributed by atoms with Crippen molar-refractivity contribution in [3.05, 3.63) is 0 Å². The summed E-state index contributed by atoms with van der Waals surface area (Å²) in [6, 6.07) is 0. The number of ketones is 1. The summed E-state index contributed by atoms with van der Waals surface area (Å²) < 4.78 is 4.70. The minimum atomic E-state index is -0.0513. The molecule has 0 aliphatic carbocycles. The fraction of sp³-hybridized carbons (Fsp3) is 0.800. The molecule has 0 bridgehead atoms. The predicted molar refractivity (Wildman–Crippen MR) is 57.7 cm³/mol. The first kappa shape index (κ1) is 14.1. The van der Waals surface area contributed by atoms with E-state index < -0.39 is 0 Å². The van der Waals surface area contributed by atoms with Crippen molar-refractivity contribution in [2.24, 2.45) is 0 Å². The zero-order valence-corrected chi connectivity index (χ0v) is 9.71. The van der Waals surface area contributed by atoms with Gasteiger partial charge in [0, 0.05) is 13.7 Å². The lowest BCUT2D eigenvalue weighted by molar-refractivity contribution is -0.125. The normalized spacial score (nSPS) is 10.4. The first-order chi connectivity index (χ1) is 7.10. The van der Waals surface area contributed by atoms with E-state index in [1.165, 1.54) is 7.11 Å². The van der Waals surface area contributed by atoms with E-state index in [1.807, 2.05) is 6.92 Å². The lowest BCUT2D eigenvalue weighted by Crippen LogP contribution is -2.38. The molecule has 0 saturated heterocycles. The summed E-state index contributed by atoms with van der Waals surface area (Å²) in [5.41, 5.74) is 0. The van der Waals surface area contributed by atoms with Gasteiger partial charge in [-0.1, -0.05) is 6.92 Å². The average Bonchev–Trinajstić information content (AvgIpc) is 2.14. The Hall–Kier alpha value is -0.940. The van der Waals surface area contributed by atoms with E-state index in [0.29, 0.717) is 6.54 Å². The third kappa shape index (κ3) is 8.08. The number of ether oxygens (including phenoxy) is 1. The average molecular weight is 216 g/mol. The van der Waals surface area contributed by atoms with Gasteiger partial charge in [0.1, 0.15) is 6.61 Å². The highest BCUT2D eigenvalue weighted by Crippen LogP contribution is 1.85. The number of carbonyl (C=O) groups is 2. The molecule has 0 saturated carbocycles. The second kappa shape index (κ2) is 8.38. The Morgan fingerprint density at radius 1 is 1.33 bits per heavy atom. The van der Waals surface area contributed by atoms with Gasteiger partial charge in [0.05, 0.1) is 13.1 Å². The van der Waals surface area contributed by atoms with Gasteiger partial charge in [0.15, 0.2) is 5.78 Å². The maximum absolute atomic E-state index is 11.3. The van der Waals surface area contributed by atoms with Crippen LogP contribution in [0.25, 0.3) is 0 Å². The molecule has 0 radical (unpaired) electrons. The van der Waals surface area contributed by atoms with Crippen molar-refractivity contribution in [2.45, 2.75) is 13.3 Å². The van der Waals surface area contributed by atoms with Crippen LogP contribution < -0.4 is 5.32 Å². The van der Waals surface area contributed by atoms with Crippen molar-refractivity contribution >= 4 is 11.7 Å². The van der Waals surface area contributed by atoms with Crippen LogP contribution in [-0.4, -0.2) is 57.0 Å². The lowest BCUT2D eigenvalue weighted by Gasteiger charge is -2.14. The molecule has 0 aliphatic rings. The third-order valence-electron chi connectivity index (χ3n) is 1.74. The highest BCUT2D eigenvalue weighted by atomic mass is 16.5. The van der Waals surface area contributed by atoms with Crippen LogP contribution in [0.3, 0.4) is 0 Å². The Labute approximate surface area is 90.8 Å². The molecule has 0 aliphatic heterocycles. The number of carbonyl (C=O) groups excluding carboxylic acids is 2. The lowest BCUT2D eigenvalue weighted by atomic mass is 10.3. The van der Waals surface area contributed by atoms with Crippen LogP contribution in [-0.2, 0) is 14.3 Å². The van der Waals surface area contributed by atoms with Gasteiger partial charge in [-0.05, 0) is 13.5 Å². The molecule has 15 heavy (non-hydrogen) atoms. The van der Waals surface area contributed by atoms with Gasteiger partial charge in [0.2, 0.25) is 5.91 Å². The van der Waals surface area contributed by atoms with E-state index in [9.17, 15) is 9.59 Å². The number of rotatable bonds is 8. The molecule has 5 heteroatoms. The van der Waals surface area contributed by atoms with Crippen molar-refractivity contribution in [1.29, 1.82) is 0 Å². The maximum Gasteiger partial charge on any atom is 0.234 e. The summed E-state index contributed by atoms with van der Waals surface area (Å²) in [6.07, 6.45) is 0.915. The third-order valence-corrected chi connectivity index (χ3v) is 1.74. The van der Waals surface area contributed by atoms with E-state index in [0.717, 1.165) is 6.42 Å². The molecule has 0 aromatic rings. The largest absolute Gasteiger partial charge is 0.377 e. The Bertz CT molecular complexity index is 207. The van der Waals surface area contributed by atoms with Crippen LogP contribution in [0.2, 0.25) is 0 Å². The Morgan fingerprint density at radius 2 is 2.00 bits per heavy atom. The second-order valence-electron chi connectivity index (χ2n) is 3.49. The Morgan fingerprint density at radius 3 is 2.53 bits per heavy atom. The number of nitrogens with zero attached hydrogens (tertiary/aromatic N) is 1. The van der Waals surface area contributed by atoms with Crippen molar-refractivity contribution < 1.29 is 14.3 Å². The van der Waals surface area contributed by atoms with Crippen LogP contribution in [0.4, 0.5) is 0 Å². The zero-order valence-electron chi connectivity index (χ0n) is 9.71. The van der Waals surface area contributed by atoms with Gasteiger partial charge in [-0.15, -0.1) is 0 Å². The van der Waals surface area contributed by atoms with E-state index in [2.05, 4.69) is 5.32 Å². The summed E-state index contributed by atoms with van der Waals surface area (Å²) >= 11 is 0. The molecule has 0 atom stereocenters. The fourth-order valence-electron chi connectivity index (χ4n) is 1.13. The first-order valence-corrected chi connectivity index (χ1v) is 5.06. The van der Waals surface area contributed by atoms with Crippen LogP contribution in [0.1, 0.15) is 13.3 Å². The summed E-state index contributed by atoms with van der Waals surface area (Å²) in [5, 5.41) is 2.75. The SMILES string of the molecule is CCCNC(=O)CN(C)CC(=O)COC. The van der Waals surface area contributed by atoms with E-state index in [-0.39, 0.29) is 31.4 Å². The number of Topliss-reactive ketones (excluding diaryl/α,β-unsaturated/α-hetero) is 1. The number of methoxy groups -OCH3 is 1. The number of hydrogen-bond donors (Lipinski definition) is 1. The highest BCUT2D eigenvalue weighted by Gasteiger charge is 2.09. The van der Waals surface area contributed by atoms with Crippen LogP contribution in [0.5, 0.6) is 0 Å². The minimum Gasteiger partial charge on any atom is -0.377 e. The van der Waals surface area contributed by atoms with Crippen LogP contribution in [0, 0.1) is 0 Å². The zero-order chi connectivity index (χ0) is 11.7. The number of nitrogens with one attached hydrogen (secondary N) is 1. The quantitative estimate of drug-likeness (QED) is 0.603. The molecule has 0 aromatic carbocycles. The molecule has 0 heterocycles. The van der Waals surface area contributed by atoms with E-state index in [4.69, 9.17) is 4.74 Å². The second-order valence-corrected chi connectivity index (χ2v) is 3.49. The number of hydrogen-bond acceptors (Lipinski definition) is 4. The van der Waals surface area contributed by atoms with Crippen molar-refractivity contribution in [2.75, 3.05) is 40.4 Å². The summed E-state index contributed by atoms with van der Waals surface area (Å²) in [5.74, 6) is -0.0761. The predicted octanol–water partition coefficient (Wildman–Crippen LogP) is -0.340. The van der Waals surface area contributed by atoms with Crippen molar-refractivity contribution in [1.82, 2.24) is 10.2 Å². The van der Waals surface area contributed by atoms with Crippen LogP contribution in [0.15, 0.2) is 0 Å². The first-order valence-electron chi connectivity index (χ1n) is 5.06. The number of likely N-dealkylation sites (N-methyl/N-ethyl adjacent to an activating group) is 1. The van der Waals surface area contributed by atoms with Crippen LogP contribution >= 0.6 is 0 Å². The molecule has 88 valence electrons. The molecule has 5 nitrogen and oxygen atoms in total. The monoisotopic (exact) mass is 216 g/mol. The Kier molecular flexibility index (Phi) is 7.85. The smallest absolute Gasteiger partial charge is 0.234 e. The fourth-order valence-corrected chi connectivity index (χ4v) is 1.13. The molecular formula is C10H20N2O3. The molecule has 1 amide bonds. The molecule has 1 N–H and O–H groups in total. The van der Waals surface area contributed by atoms with Gasteiger partial charge in [-0.25, -0.2) is 0 Å². The minimum absolute atomic E-state index is 0.0247. The molecule has 0 aromatic heterocycles. The Balaban J connectivity index is 3.67. The molecular weight excluding hydrogens is 196 g/mol. The van der Waals surface area contributed by atoms with E-state index in [1.54, 1.807) is 11.9 Å². The molecule has 0 rings (SSSR count).